The molecule has 0 bridgehead atoms. The zero-order valence-corrected chi connectivity index (χ0v) is 13.2. The third-order valence-corrected chi connectivity index (χ3v) is 4.16. The summed E-state index contributed by atoms with van der Waals surface area (Å²) in [5, 5.41) is 2.86. The van der Waals surface area contributed by atoms with Crippen molar-refractivity contribution >= 4 is 17.3 Å². The number of amides is 1. The van der Waals surface area contributed by atoms with E-state index < -0.39 is 0 Å². The first kappa shape index (κ1) is 15.5. The predicted molar refractivity (Wildman–Crippen MR) is 90.9 cm³/mol. The highest BCUT2D eigenvalue weighted by atomic mass is 16.5. The van der Waals surface area contributed by atoms with Crippen molar-refractivity contribution in [3.63, 3.8) is 0 Å². The molecule has 1 saturated heterocycles. The molecular formula is C18H21N3O2. The average Bonchev–Trinajstić information content (AvgIpc) is 2.63. The number of piperidine rings is 1. The van der Waals surface area contributed by atoms with Gasteiger partial charge in [0.15, 0.2) is 0 Å². The topological polar surface area (TPSA) is 54.5 Å². The molecule has 120 valence electrons. The second-order valence-corrected chi connectivity index (χ2v) is 5.64. The molecule has 1 fully saturated rings. The standard InChI is InChI=1S/C18H21N3O2/c1-23-16-9-12-21(13-10-16)15-7-5-14(6-8-15)20-18(22)17-4-2-3-11-19-17/h2-8,11,16H,9-10,12-13H2,1H3,(H,20,22). The number of carbonyl (C=O) groups excluding carboxylic acids is 1. The van der Waals surface area contributed by atoms with E-state index in [1.54, 1.807) is 31.5 Å². The van der Waals surface area contributed by atoms with Gasteiger partial charge in [0.25, 0.3) is 5.91 Å². The summed E-state index contributed by atoms with van der Waals surface area (Å²) in [6.07, 6.45) is 4.09. The Morgan fingerprint density at radius 3 is 2.52 bits per heavy atom. The summed E-state index contributed by atoms with van der Waals surface area (Å²) in [4.78, 5) is 18.5. The van der Waals surface area contributed by atoms with Crippen molar-refractivity contribution in [2.75, 3.05) is 30.4 Å². The van der Waals surface area contributed by atoms with E-state index in [0.717, 1.165) is 31.6 Å². The first-order valence-electron chi connectivity index (χ1n) is 7.86. The van der Waals surface area contributed by atoms with E-state index >= 15 is 0 Å². The fourth-order valence-electron chi connectivity index (χ4n) is 2.80. The van der Waals surface area contributed by atoms with Crippen LogP contribution in [-0.4, -0.2) is 37.2 Å². The molecule has 3 rings (SSSR count). The van der Waals surface area contributed by atoms with Gasteiger partial charge < -0.3 is 15.0 Å². The van der Waals surface area contributed by atoms with E-state index in [2.05, 4.69) is 15.2 Å². The minimum absolute atomic E-state index is 0.195. The maximum absolute atomic E-state index is 12.1. The van der Waals surface area contributed by atoms with Crippen LogP contribution in [0.25, 0.3) is 0 Å². The third-order valence-electron chi connectivity index (χ3n) is 4.16. The van der Waals surface area contributed by atoms with Crippen molar-refractivity contribution in [1.82, 2.24) is 4.98 Å². The van der Waals surface area contributed by atoms with Crippen LogP contribution in [0.15, 0.2) is 48.7 Å². The summed E-state index contributed by atoms with van der Waals surface area (Å²) in [5.74, 6) is -0.195. The van der Waals surface area contributed by atoms with Gasteiger partial charge in [-0.05, 0) is 49.2 Å². The first-order chi connectivity index (χ1) is 11.3. The lowest BCUT2D eigenvalue weighted by Gasteiger charge is -2.33. The van der Waals surface area contributed by atoms with Crippen LogP contribution >= 0.6 is 0 Å². The highest BCUT2D eigenvalue weighted by Crippen LogP contribution is 2.23. The largest absolute Gasteiger partial charge is 0.381 e. The van der Waals surface area contributed by atoms with Gasteiger partial charge in [-0.3, -0.25) is 9.78 Å². The number of carbonyl (C=O) groups is 1. The Balaban J connectivity index is 1.60. The van der Waals surface area contributed by atoms with Crippen LogP contribution in [0.5, 0.6) is 0 Å². The van der Waals surface area contributed by atoms with Crippen molar-refractivity contribution in [3.05, 3.63) is 54.4 Å². The first-order valence-corrected chi connectivity index (χ1v) is 7.86. The Morgan fingerprint density at radius 2 is 1.91 bits per heavy atom. The molecule has 23 heavy (non-hydrogen) atoms. The van der Waals surface area contributed by atoms with Crippen molar-refractivity contribution < 1.29 is 9.53 Å². The van der Waals surface area contributed by atoms with Gasteiger partial charge in [-0.1, -0.05) is 6.07 Å². The number of ether oxygens (including phenoxy) is 1. The molecule has 0 aliphatic carbocycles. The molecule has 2 heterocycles. The zero-order chi connectivity index (χ0) is 16.1. The van der Waals surface area contributed by atoms with Crippen LogP contribution in [0.1, 0.15) is 23.3 Å². The maximum atomic E-state index is 12.1. The van der Waals surface area contributed by atoms with E-state index in [1.165, 1.54) is 5.69 Å². The summed E-state index contributed by atoms with van der Waals surface area (Å²) in [5.41, 5.74) is 2.37. The fourth-order valence-corrected chi connectivity index (χ4v) is 2.80. The number of nitrogens with zero attached hydrogens (tertiary/aromatic N) is 2. The molecule has 2 aromatic rings. The fraction of sp³-hybridized carbons (Fsp3) is 0.333. The van der Waals surface area contributed by atoms with Crippen LogP contribution in [0.3, 0.4) is 0 Å². The Morgan fingerprint density at radius 1 is 1.17 bits per heavy atom. The molecule has 0 spiro atoms. The van der Waals surface area contributed by atoms with Gasteiger partial charge in [0.2, 0.25) is 0 Å². The van der Waals surface area contributed by atoms with Gasteiger partial charge in [-0.15, -0.1) is 0 Å². The number of benzene rings is 1. The number of hydrogen-bond acceptors (Lipinski definition) is 4. The van der Waals surface area contributed by atoms with Gasteiger partial charge in [-0.2, -0.15) is 0 Å². The highest BCUT2D eigenvalue weighted by Gasteiger charge is 2.18. The molecule has 5 heteroatoms. The quantitative estimate of drug-likeness (QED) is 0.943. The lowest BCUT2D eigenvalue weighted by molar-refractivity contribution is 0.0819. The number of anilines is 2. The van der Waals surface area contributed by atoms with Crippen LogP contribution in [-0.2, 0) is 4.74 Å². The van der Waals surface area contributed by atoms with E-state index in [-0.39, 0.29) is 5.91 Å². The molecule has 1 aliphatic rings. The van der Waals surface area contributed by atoms with Crippen molar-refractivity contribution in [2.24, 2.45) is 0 Å². The smallest absolute Gasteiger partial charge is 0.274 e. The Hall–Kier alpha value is -2.40. The minimum atomic E-state index is -0.195. The lowest BCUT2D eigenvalue weighted by Crippen LogP contribution is -2.36. The number of pyridine rings is 1. The molecule has 1 amide bonds. The molecule has 1 aromatic carbocycles. The van der Waals surface area contributed by atoms with Gasteiger partial charge in [-0.25, -0.2) is 0 Å². The van der Waals surface area contributed by atoms with Gasteiger partial charge in [0.1, 0.15) is 5.69 Å². The maximum Gasteiger partial charge on any atom is 0.274 e. The number of nitrogens with one attached hydrogen (secondary N) is 1. The Bertz CT molecular complexity index is 635. The third kappa shape index (κ3) is 3.87. The van der Waals surface area contributed by atoms with Crippen LogP contribution < -0.4 is 10.2 Å². The predicted octanol–water partition coefficient (Wildman–Crippen LogP) is 2.95. The summed E-state index contributed by atoms with van der Waals surface area (Å²) >= 11 is 0. The van der Waals surface area contributed by atoms with Crippen LogP contribution in [0.4, 0.5) is 11.4 Å². The number of hydrogen-bond donors (Lipinski definition) is 1. The highest BCUT2D eigenvalue weighted by molar-refractivity contribution is 6.02. The number of methoxy groups -OCH3 is 1. The molecule has 0 unspecified atom stereocenters. The Kier molecular flexibility index (Phi) is 4.88. The number of rotatable bonds is 4. The van der Waals surface area contributed by atoms with E-state index in [4.69, 9.17) is 4.74 Å². The molecule has 0 radical (unpaired) electrons. The lowest BCUT2D eigenvalue weighted by atomic mass is 10.1. The van der Waals surface area contributed by atoms with Crippen molar-refractivity contribution in [3.8, 4) is 0 Å². The van der Waals surface area contributed by atoms with Crippen molar-refractivity contribution in [1.29, 1.82) is 0 Å². The summed E-state index contributed by atoms with van der Waals surface area (Å²) in [6.45, 7) is 2.00. The Labute approximate surface area is 136 Å². The molecule has 0 atom stereocenters. The van der Waals surface area contributed by atoms with Crippen LogP contribution in [0.2, 0.25) is 0 Å². The molecule has 1 aromatic heterocycles. The monoisotopic (exact) mass is 311 g/mol. The van der Waals surface area contributed by atoms with E-state index in [0.29, 0.717) is 11.8 Å². The van der Waals surface area contributed by atoms with E-state index in [9.17, 15) is 4.79 Å². The van der Waals surface area contributed by atoms with E-state index in [1.807, 2.05) is 24.3 Å². The minimum Gasteiger partial charge on any atom is -0.381 e. The molecule has 1 aliphatic heterocycles. The van der Waals surface area contributed by atoms with Crippen LogP contribution in [0, 0.1) is 0 Å². The number of aromatic nitrogens is 1. The molecule has 1 N–H and O–H groups in total. The summed E-state index contributed by atoms with van der Waals surface area (Å²) in [7, 11) is 1.78. The summed E-state index contributed by atoms with van der Waals surface area (Å²) in [6, 6.07) is 13.2. The molecule has 5 nitrogen and oxygen atoms in total. The van der Waals surface area contributed by atoms with Gasteiger partial charge >= 0.3 is 0 Å². The summed E-state index contributed by atoms with van der Waals surface area (Å²) < 4.78 is 5.40. The average molecular weight is 311 g/mol. The molecule has 0 saturated carbocycles. The second-order valence-electron chi connectivity index (χ2n) is 5.64. The second kappa shape index (κ2) is 7.24. The molecular weight excluding hydrogens is 290 g/mol. The SMILES string of the molecule is COC1CCN(c2ccc(NC(=O)c3ccccn3)cc2)CC1. The normalized spacial score (nSPS) is 15.4. The van der Waals surface area contributed by atoms with Gasteiger partial charge in [0, 0.05) is 37.8 Å². The van der Waals surface area contributed by atoms with Gasteiger partial charge in [0.05, 0.1) is 6.10 Å². The van der Waals surface area contributed by atoms with Crippen molar-refractivity contribution in [2.45, 2.75) is 18.9 Å². The zero-order valence-electron chi connectivity index (χ0n) is 13.2.